The summed E-state index contributed by atoms with van der Waals surface area (Å²) in [5.41, 5.74) is 3.71. The molecule has 0 amide bonds. The van der Waals surface area contributed by atoms with Crippen LogP contribution in [-0.4, -0.2) is 44.7 Å². The number of benzene rings is 1. The van der Waals surface area contributed by atoms with E-state index in [1.165, 1.54) is 4.88 Å². The maximum atomic E-state index is 5.66. The lowest BCUT2D eigenvalue weighted by Crippen LogP contribution is -2.07. The van der Waals surface area contributed by atoms with Crippen LogP contribution >= 0.6 is 23.3 Å². The van der Waals surface area contributed by atoms with Crippen LogP contribution < -0.4 is 14.2 Å². The Kier molecular flexibility index (Phi) is 7.14. The Balaban J connectivity index is 1.68. The summed E-state index contributed by atoms with van der Waals surface area (Å²) in [4.78, 5) is 10.2. The van der Waals surface area contributed by atoms with Crippen LogP contribution in [0.25, 0.3) is 17.1 Å². The van der Waals surface area contributed by atoms with Gasteiger partial charge in [-0.2, -0.15) is 0 Å². The van der Waals surface area contributed by atoms with Crippen molar-refractivity contribution in [1.82, 2.24) is 24.7 Å². The highest BCUT2D eigenvalue weighted by Gasteiger charge is 2.22. The number of methoxy groups -OCH3 is 2. The molecule has 10 heteroatoms. The van der Waals surface area contributed by atoms with E-state index in [0.717, 1.165) is 39.7 Å². The summed E-state index contributed by atoms with van der Waals surface area (Å²) >= 11 is 3.31. The highest BCUT2D eigenvalue weighted by atomic mass is 32.2. The van der Waals surface area contributed by atoms with E-state index in [1.807, 2.05) is 48.9 Å². The van der Waals surface area contributed by atoms with Gasteiger partial charge >= 0.3 is 0 Å². The Bertz CT molecular complexity index is 1210. The monoisotopic (exact) mass is 482 g/mol. The zero-order chi connectivity index (χ0) is 23.4. The zero-order valence-electron chi connectivity index (χ0n) is 19.2. The van der Waals surface area contributed by atoms with Gasteiger partial charge in [-0.05, 0) is 56.5 Å². The first-order valence-electron chi connectivity index (χ1n) is 10.4. The van der Waals surface area contributed by atoms with Gasteiger partial charge in [0.05, 0.1) is 24.9 Å². The van der Waals surface area contributed by atoms with Gasteiger partial charge in [-0.25, -0.2) is 4.98 Å². The van der Waals surface area contributed by atoms with Crippen LogP contribution in [0.4, 0.5) is 5.95 Å². The fraction of sp³-hybridized carbons (Fsp3) is 0.304. The summed E-state index contributed by atoms with van der Waals surface area (Å²) < 4.78 is 16.6. The molecule has 0 saturated carbocycles. The molecule has 1 aromatic carbocycles. The lowest BCUT2D eigenvalue weighted by atomic mass is 10.2. The maximum Gasteiger partial charge on any atom is 0.239 e. The Morgan fingerprint density at radius 1 is 1.06 bits per heavy atom. The number of thiazole rings is 1. The quantitative estimate of drug-likeness (QED) is 0.263. The summed E-state index contributed by atoms with van der Waals surface area (Å²) in [5, 5.41) is 10.1. The molecule has 4 rings (SSSR count). The molecule has 0 saturated heterocycles. The third kappa shape index (κ3) is 4.96. The molecule has 0 aliphatic rings. The van der Waals surface area contributed by atoms with Crippen LogP contribution in [0, 0.1) is 20.8 Å². The van der Waals surface area contributed by atoms with Gasteiger partial charge in [-0.3, -0.25) is 14.3 Å². The molecule has 0 aliphatic carbocycles. The van der Waals surface area contributed by atoms with E-state index in [-0.39, 0.29) is 0 Å². The third-order valence-corrected chi connectivity index (χ3v) is 6.94. The lowest BCUT2D eigenvalue weighted by molar-refractivity contribution is 0.391. The summed E-state index contributed by atoms with van der Waals surface area (Å²) in [6.07, 6.45) is 4.46. The fourth-order valence-electron chi connectivity index (χ4n) is 3.38. The van der Waals surface area contributed by atoms with E-state index in [2.05, 4.69) is 31.8 Å². The number of nitrogens with zero attached hydrogens (tertiary/aromatic N) is 5. The highest BCUT2D eigenvalue weighted by molar-refractivity contribution is 8.00. The van der Waals surface area contributed by atoms with Crippen molar-refractivity contribution in [3.63, 3.8) is 0 Å². The van der Waals surface area contributed by atoms with Gasteiger partial charge in [0.15, 0.2) is 5.82 Å². The molecule has 1 N–H and O–H groups in total. The fourth-order valence-corrected chi connectivity index (χ4v) is 5.10. The Labute approximate surface area is 201 Å². The maximum absolute atomic E-state index is 5.66. The molecule has 0 spiro atoms. The SMILES string of the molecule is COc1cccc(OC)c1-n1c(NSCCc2nc(C)c(C)s2)nnc1-c1cncc(C)c1. The van der Waals surface area contributed by atoms with E-state index >= 15 is 0 Å². The van der Waals surface area contributed by atoms with Crippen LogP contribution in [0.1, 0.15) is 21.1 Å². The van der Waals surface area contributed by atoms with Crippen molar-refractivity contribution in [1.29, 1.82) is 0 Å². The van der Waals surface area contributed by atoms with Gasteiger partial charge in [0.2, 0.25) is 5.95 Å². The normalized spacial score (nSPS) is 10.9. The number of anilines is 1. The molecule has 8 nitrogen and oxygen atoms in total. The highest BCUT2D eigenvalue weighted by Crippen LogP contribution is 2.38. The van der Waals surface area contributed by atoms with Gasteiger partial charge in [-0.1, -0.05) is 6.07 Å². The number of nitrogens with one attached hydrogen (secondary N) is 1. The molecule has 0 atom stereocenters. The van der Waals surface area contributed by atoms with Crippen molar-refractivity contribution in [2.45, 2.75) is 27.2 Å². The van der Waals surface area contributed by atoms with Crippen molar-refractivity contribution in [3.05, 3.63) is 57.8 Å². The van der Waals surface area contributed by atoms with Crippen molar-refractivity contribution in [3.8, 4) is 28.6 Å². The Morgan fingerprint density at radius 3 is 2.45 bits per heavy atom. The molecule has 3 aromatic heterocycles. The molecule has 0 fully saturated rings. The Morgan fingerprint density at radius 2 is 1.82 bits per heavy atom. The van der Waals surface area contributed by atoms with Crippen molar-refractivity contribution in [2.75, 3.05) is 24.7 Å². The van der Waals surface area contributed by atoms with E-state index < -0.39 is 0 Å². The first-order valence-corrected chi connectivity index (χ1v) is 12.2. The minimum absolute atomic E-state index is 0.575. The minimum Gasteiger partial charge on any atom is -0.494 e. The standard InChI is InChI=1S/C23H26N6O2S2/c1-14-11-17(13-24-12-14)22-26-27-23(28-32-10-9-20-25-15(2)16(3)33-20)29(22)21-18(30-4)7-6-8-19(21)31-5/h6-8,11-13H,9-10H2,1-5H3,(H,27,28). The van der Waals surface area contributed by atoms with E-state index in [1.54, 1.807) is 43.7 Å². The summed E-state index contributed by atoms with van der Waals surface area (Å²) in [5.74, 6) is 3.36. The van der Waals surface area contributed by atoms with Crippen LogP contribution in [0.3, 0.4) is 0 Å². The average molecular weight is 483 g/mol. The van der Waals surface area contributed by atoms with Crippen molar-refractivity contribution in [2.24, 2.45) is 0 Å². The molecule has 0 unspecified atom stereocenters. The molecule has 4 aromatic rings. The lowest BCUT2D eigenvalue weighted by Gasteiger charge is -2.17. The van der Waals surface area contributed by atoms with Gasteiger partial charge in [0.25, 0.3) is 0 Å². The first kappa shape index (κ1) is 23.1. The van der Waals surface area contributed by atoms with Crippen LogP contribution in [0.5, 0.6) is 11.5 Å². The number of aromatic nitrogens is 5. The smallest absolute Gasteiger partial charge is 0.239 e. The number of hydrogen-bond donors (Lipinski definition) is 1. The number of aryl methyl sites for hydroxylation is 4. The summed E-state index contributed by atoms with van der Waals surface area (Å²) in [6, 6.07) is 7.69. The van der Waals surface area contributed by atoms with Crippen molar-refractivity contribution < 1.29 is 9.47 Å². The van der Waals surface area contributed by atoms with E-state index in [0.29, 0.717) is 23.3 Å². The summed E-state index contributed by atoms with van der Waals surface area (Å²) in [6.45, 7) is 6.15. The molecular weight excluding hydrogens is 456 g/mol. The molecule has 0 aliphatic heterocycles. The van der Waals surface area contributed by atoms with Crippen LogP contribution in [0.2, 0.25) is 0 Å². The van der Waals surface area contributed by atoms with Gasteiger partial charge < -0.3 is 9.47 Å². The second-order valence-corrected chi connectivity index (χ2v) is 9.58. The zero-order valence-corrected chi connectivity index (χ0v) is 20.9. The molecule has 33 heavy (non-hydrogen) atoms. The molecule has 3 heterocycles. The molecular formula is C23H26N6O2S2. The molecule has 0 bridgehead atoms. The minimum atomic E-state index is 0.575. The van der Waals surface area contributed by atoms with Crippen molar-refractivity contribution >= 4 is 29.2 Å². The van der Waals surface area contributed by atoms with Gasteiger partial charge in [-0.15, -0.1) is 21.5 Å². The second-order valence-electron chi connectivity index (χ2n) is 7.39. The first-order chi connectivity index (χ1) is 16.0. The van der Waals surface area contributed by atoms with Gasteiger partial charge in [0, 0.05) is 35.0 Å². The number of ether oxygens (including phenoxy) is 2. The van der Waals surface area contributed by atoms with Crippen LogP contribution in [-0.2, 0) is 6.42 Å². The molecule has 0 radical (unpaired) electrons. The predicted molar refractivity (Wildman–Crippen MR) is 134 cm³/mol. The van der Waals surface area contributed by atoms with Gasteiger partial charge in [0.1, 0.15) is 17.2 Å². The number of hydrogen-bond acceptors (Lipinski definition) is 9. The number of para-hydroxylation sites is 1. The third-order valence-electron chi connectivity index (χ3n) is 5.08. The molecule has 172 valence electrons. The second kappa shape index (κ2) is 10.2. The predicted octanol–water partition coefficient (Wildman–Crippen LogP) is 5.03. The number of pyridine rings is 1. The van der Waals surface area contributed by atoms with E-state index in [9.17, 15) is 0 Å². The average Bonchev–Trinajstić information content (AvgIpc) is 3.38. The Hall–Kier alpha value is -3.11. The van der Waals surface area contributed by atoms with Crippen LogP contribution in [0.15, 0.2) is 36.7 Å². The number of rotatable bonds is 9. The topological polar surface area (TPSA) is 87.0 Å². The summed E-state index contributed by atoms with van der Waals surface area (Å²) in [7, 11) is 3.27. The largest absolute Gasteiger partial charge is 0.494 e. The van der Waals surface area contributed by atoms with E-state index in [4.69, 9.17) is 9.47 Å².